The number of carboxylic acids is 1. The normalized spacial score (nSPS) is 14.9. The van der Waals surface area contributed by atoms with Gasteiger partial charge in [0, 0.05) is 25.6 Å². The van der Waals surface area contributed by atoms with Gasteiger partial charge in [0.2, 0.25) is 0 Å². The Labute approximate surface area is 213 Å². The number of benzene rings is 2. The molecule has 8 heteroatoms. The molecule has 2 aromatic carbocycles. The number of nitrogens with zero attached hydrogens (tertiary/aromatic N) is 1. The van der Waals surface area contributed by atoms with Gasteiger partial charge >= 0.3 is 12.0 Å². The van der Waals surface area contributed by atoms with Crippen LogP contribution in [0.5, 0.6) is 0 Å². The van der Waals surface area contributed by atoms with E-state index >= 15 is 0 Å². The molecule has 1 aliphatic rings. The predicted molar refractivity (Wildman–Crippen MR) is 141 cm³/mol. The van der Waals surface area contributed by atoms with Crippen molar-refractivity contribution in [1.82, 2.24) is 0 Å². The van der Waals surface area contributed by atoms with Gasteiger partial charge in [0.1, 0.15) is 5.82 Å². The van der Waals surface area contributed by atoms with E-state index in [4.69, 9.17) is 4.74 Å². The Hall–Kier alpha value is -3.13. The summed E-state index contributed by atoms with van der Waals surface area (Å²) < 4.78 is 19.4. The number of rotatable bonds is 11. The zero-order chi connectivity index (χ0) is 26.1. The topological polar surface area (TPSA) is 90.9 Å². The zero-order valence-electron chi connectivity index (χ0n) is 21.4. The summed E-state index contributed by atoms with van der Waals surface area (Å²) in [6, 6.07) is 11.5. The molecule has 0 heterocycles. The predicted octanol–water partition coefficient (Wildman–Crippen LogP) is 6.47. The van der Waals surface area contributed by atoms with Crippen molar-refractivity contribution in [3.8, 4) is 0 Å². The number of urea groups is 1. The van der Waals surface area contributed by atoms with Crippen LogP contribution >= 0.6 is 0 Å². The molecule has 0 radical (unpaired) electrons. The van der Waals surface area contributed by atoms with Gasteiger partial charge in [0.25, 0.3) is 0 Å². The number of aliphatic carboxylic acids is 1. The van der Waals surface area contributed by atoms with Gasteiger partial charge in [-0.2, -0.15) is 0 Å². The van der Waals surface area contributed by atoms with Gasteiger partial charge in [-0.15, -0.1) is 0 Å². The second-order valence-electron chi connectivity index (χ2n) is 9.92. The minimum atomic E-state index is -0.920. The van der Waals surface area contributed by atoms with Crippen molar-refractivity contribution in [3.63, 3.8) is 0 Å². The fourth-order valence-corrected chi connectivity index (χ4v) is 4.91. The van der Waals surface area contributed by atoms with Crippen molar-refractivity contribution in [2.24, 2.45) is 5.92 Å². The van der Waals surface area contributed by atoms with E-state index in [2.05, 4.69) is 29.4 Å². The van der Waals surface area contributed by atoms with E-state index < -0.39 is 17.8 Å². The summed E-state index contributed by atoms with van der Waals surface area (Å²) in [5.41, 5.74) is 2.30. The Kier molecular flexibility index (Phi) is 10.1. The highest BCUT2D eigenvalue weighted by Crippen LogP contribution is 2.36. The Balaban J connectivity index is 1.99. The molecule has 196 valence electrons. The fourth-order valence-electron chi connectivity index (χ4n) is 4.91. The molecule has 0 aromatic heterocycles. The number of nitrogens with one attached hydrogen (secondary N) is 2. The monoisotopic (exact) mass is 499 g/mol. The van der Waals surface area contributed by atoms with E-state index in [9.17, 15) is 19.1 Å². The summed E-state index contributed by atoms with van der Waals surface area (Å²) in [6.45, 7) is 5.41. The molecule has 1 unspecified atom stereocenters. The molecule has 0 aliphatic heterocycles. The van der Waals surface area contributed by atoms with Crippen molar-refractivity contribution in [3.05, 3.63) is 53.8 Å². The Bertz CT molecular complexity index is 1020. The van der Waals surface area contributed by atoms with Crippen molar-refractivity contribution >= 4 is 29.1 Å². The van der Waals surface area contributed by atoms with E-state index in [0.717, 1.165) is 30.6 Å². The zero-order valence-corrected chi connectivity index (χ0v) is 21.4. The molecule has 1 atom stereocenters. The molecule has 0 bridgehead atoms. The third-order valence-electron chi connectivity index (χ3n) is 6.54. The quantitative estimate of drug-likeness (QED) is 0.330. The van der Waals surface area contributed by atoms with Crippen molar-refractivity contribution in [1.29, 1.82) is 0 Å². The first kappa shape index (κ1) is 27.5. The average molecular weight is 500 g/mol. The number of amides is 2. The van der Waals surface area contributed by atoms with Gasteiger partial charge in [-0.1, -0.05) is 51.3 Å². The van der Waals surface area contributed by atoms with E-state index in [0.29, 0.717) is 17.6 Å². The smallest absolute Gasteiger partial charge is 0.323 e. The number of methoxy groups -OCH3 is 1. The molecule has 36 heavy (non-hydrogen) atoms. The molecule has 2 amide bonds. The highest BCUT2D eigenvalue weighted by molar-refractivity contribution is 6.02. The summed E-state index contributed by atoms with van der Waals surface area (Å²) in [7, 11) is 1.54. The molecule has 3 rings (SSSR count). The van der Waals surface area contributed by atoms with Gasteiger partial charge in [-0.3, -0.25) is 4.79 Å². The summed E-state index contributed by atoms with van der Waals surface area (Å²) in [5, 5.41) is 14.9. The summed E-state index contributed by atoms with van der Waals surface area (Å²) in [6.07, 6.45) is 5.65. The number of carboxylic acid groups (broad SMARTS) is 1. The van der Waals surface area contributed by atoms with Crippen LogP contribution < -0.4 is 15.5 Å². The molecule has 1 aliphatic carbocycles. The standard InChI is InChI=1S/C28H38FN3O4/c1-19(2)17-32(22-9-5-4-6-10-22)26-14-13-20(21(18-36-3)16-27(33)34)15-25(26)31-28(35)30-24-12-8-7-11-23(24)29/h7-8,11-15,19,21-22H,4-6,9-10,16-18H2,1-3H3,(H,33,34)(H2,30,31,35). The molecule has 7 nitrogen and oxygen atoms in total. The first-order chi connectivity index (χ1) is 17.3. The summed E-state index contributed by atoms with van der Waals surface area (Å²) in [5.74, 6) is -1.41. The number of halogens is 1. The molecule has 2 aromatic rings. The molecular formula is C28H38FN3O4. The molecule has 1 fully saturated rings. The van der Waals surface area contributed by atoms with Crippen LogP contribution in [0.2, 0.25) is 0 Å². The van der Waals surface area contributed by atoms with Crippen LogP contribution in [0, 0.1) is 11.7 Å². The maximum atomic E-state index is 14.1. The highest BCUT2D eigenvalue weighted by Gasteiger charge is 2.26. The van der Waals surface area contributed by atoms with Crippen molar-refractivity contribution < 1.29 is 23.8 Å². The number of ether oxygens (including phenoxy) is 1. The SMILES string of the molecule is COCC(CC(=O)O)c1ccc(N(CC(C)C)C2CCCCC2)c(NC(=O)Nc2ccccc2F)c1. The minimum absolute atomic E-state index is 0.0853. The maximum absolute atomic E-state index is 14.1. The van der Waals surface area contributed by atoms with Crippen LogP contribution in [0.4, 0.5) is 26.2 Å². The largest absolute Gasteiger partial charge is 0.481 e. The fraction of sp³-hybridized carbons (Fsp3) is 0.500. The van der Waals surface area contributed by atoms with Crippen LogP contribution in [-0.2, 0) is 9.53 Å². The van der Waals surface area contributed by atoms with E-state index in [1.165, 1.54) is 38.5 Å². The number of carbonyl (C=O) groups excluding carboxylic acids is 1. The van der Waals surface area contributed by atoms with Crippen LogP contribution in [0.25, 0.3) is 0 Å². The second-order valence-corrected chi connectivity index (χ2v) is 9.92. The first-order valence-corrected chi connectivity index (χ1v) is 12.7. The average Bonchev–Trinajstić information content (AvgIpc) is 2.84. The van der Waals surface area contributed by atoms with Crippen molar-refractivity contribution in [2.45, 2.75) is 64.3 Å². The highest BCUT2D eigenvalue weighted by atomic mass is 19.1. The summed E-state index contributed by atoms with van der Waals surface area (Å²) >= 11 is 0. The Morgan fingerprint density at radius 2 is 1.78 bits per heavy atom. The van der Waals surface area contributed by atoms with E-state index in [-0.39, 0.29) is 24.6 Å². The second kappa shape index (κ2) is 13.3. The van der Waals surface area contributed by atoms with Crippen LogP contribution in [-0.4, -0.2) is 43.4 Å². The third-order valence-corrected chi connectivity index (χ3v) is 6.54. The number of carbonyl (C=O) groups is 2. The molecule has 0 saturated heterocycles. The number of para-hydroxylation sites is 1. The van der Waals surface area contributed by atoms with Gasteiger partial charge in [0.15, 0.2) is 0 Å². The van der Waals surface area contributed by atoms with Gasteiger partial charge in [-0.25, -0.2) is 9.18 Å². The van der Waals surface area contributed by atoms with Crippen LogP contribution in [0.1, 0.15) is 63.9 Å². The van der Waals surface area contributed by atoms with Gasteiger partial charge in [0.05, 0.1) is 30.1 Å². The Morgan fingerprint density at radius 1 is 1.08 bits per heavy atom. The van der Waals surface area contributed by atoms with Crippen LogP contribution in [0.3, 0.4) is 0 Å². The molecule has 0 spiro atoms. The lowest BCUT2D eigenvalue weighted by atomic mass is 9.91. The molecular weight excluding hydrogens is 461 g/mol. The molecule has 1 saturated carbocycles. The van der Waals surface area contributed by atoms with Crippen LogP contribution in [0.15, 0.2) is 42.5 Å². The van der Waals surface area contributed by atoms with Gasteiger partial charge < -0.3 is 25.4 Å². The lowest BCUT2D eigenvalue weighted by Gasteiger charge is -2.38. The minimum Gasteiger partial charge on any atom is -0.481 e. The third kappa shape index (κ3) is 7.68. The van der Waals surface area contributed by atoms with E-state index in [1.807, 2.05) is 18.2 Å². The lowest BCUT2D eigenvalue weighted by molar-refractivity contribution is -0.137. The number of anilines is 3. The van der Waals surface area contributed by atoms with Gasteiger partial charge in [-0.05, 0) is 48.6 Å². The maximum Gasteiger partial charge on any atom is 0.323 e. The number of hydrogen-bond acceptors (Lipinski definition) is 4. The summed E-state index contributed by atoms with van der Waals surface area (Å²) in [4.78, 5) is 26.8. The van der Waals surface area contributed by atoms with Crippen molar-refractivity contribution in [2.75, 3.05) is 35.8 Å². The first-order valence-electron chi connectivity index (χ1n) is 12.7. The van der Waals surface area contributed by atoms with E-state index in [1.54, 1.807) is 12.1 Å². The number of hydrogen-bond donors (Lipinski definition) is 3. The molecule has 3 N–H and O–H groups in total. The lowest BCUT2D eigenvalue weighted by Crippen LogP contribution is -2.40. The Morgan fingerprint density at radius 3 is 2.42 bits per heavy atom.